The number of para-hydroxylation sites is 1. The first-order valence-corrected chi connectivity index (χ1v) is 9.78. The highest BCUT2D eigenvalue weighted by molar-refractivity contribution is 7.99. The van der Waals surface area contributed by atoms with Crippen LogP contribution >= 0.6 is 11.8 Å². The fraction of sp³-hybridized carbons (Fsp3) is 0.0833. The Kier molecular flexibility index (Phi) is 5.31. The van der Waals surface area contributed by atoms with Crippen molar-refractivity contribution in [2.75, 3.05) is 0 Å². The van der Waals surface area contributed by atoms with Crippen molar-refractivity contribution < 1.29 is 0 Å². The van der Waals surface area contributed by atoms with Gasteiger partial charge < -0.3 is 0 Å². The van der Waals surface area contributed by atoms with Crippen LogP contribution in [0.4, 0.5) is 0 Å². The second kappa shape index (κ2) is 8.19. The Labute approximate surface area is 164 Å². The first-order valence-electron chi connectivity index (χ1n) is 8.96. The van der Waals surface area contributed by atoms with Gasteiger partial charge in [-0.3, -0.25) is 4.99 Å². The molecule has 0 aliphatic rings. The molecule has 0 radical (unpaired) electrons. The van der Waals surface area contributed by atoms with Gasteiger partial charge in [0.15, 0.2) is 0 Å². The van der Waals surface area contributed by atoms with Gasteiger partial charge in [0.1, 0.15) is 5.03 Å². The minimum Gasteiger partial charge on any atom is -0.288 e. The molecule has 0 saturated heterocycles. The van der Waals surface area contributed by atoms with Crippen molar-refractivity contribution in [1.29, 1.82) is 0 Å². The van der Waals surface area contributed by atoms with E-state index in [9.17, 15) is 0 Å². The van der Waals surface area contributed by atoms with Crippen molar-refractivity contribution in [3.05, 3.63) is 102 Å². The molecule has 0 N–H and O–H groups in total. The van der Waals surface area contributed by atoms with Gasteiger partial charge in [0.05, 0.1) is 12.1 Å². The van der Waals surface area contributed by atoms with Gasteiger partial charge in [-0.2, -0.15) is 0 Å². The van der Waals surface area contributed by atoms with Crippen LogP contribution < -0.4 is 0 Å². The summed E-state index contributed by atoms with van der Waals surface area (Å²) in [5, 5.41) is 2.11. The number of fused-ring (bicyclic) bond motifs is 1. The van der Waals surface area contributed by atoms with Crippen LogP contribution in [0, 0.1) is 6.92 Å². The number of aryl methyl sites for hydroxylation is 1. The summed E-state index contributed by atoms with van der Waals surface area (Å²) in [7, 11) is 0. The summed E-state index contributed by atoms with van der Waals surface area (Å²) in [4.78, 5) is 10.7. The Morgan fingerprint density at radius 1 is 0.889 bits per heavy atom. The van der Waals surface area contributed by atoms with E-state index in [-0.39, 0.29) is 0 Å². The van der Waals surface area contributed by atoms with E-state index in [0.717, 1.165) is 21.5 Å². The van der Waals surface area contributed by atoms with Gasteiger partial charge in [0.2, 0.25) is 0 Å². The minimum absolute atomic E-state index is 0.669. The number of nitrogens with zero attached hydrogens (tertiary/aromatic N) is 2. The summed E-state index contributed by atoms with van der Waals surface area (Å²) in [6.45, 7) is 2.77. The quantitative estimate of drug-likeness (QED) is 0.385. The predicted molar refractivity (Wildman–Crippen MR) is 115 cm³/mol. The average Bonchev–Trinajstić information content (AvgIpc) is 2.71. The molecule has 0 aliphatic heterocycles. The van der Waals surface area contributed by atoms with E-state index in [1.165, 1.54) is 16.0 Å². The van der Waals surface area contributed by atoms with E-state index in [1.54, 1.807) is 11.8 Å². The number of hydrogen-bond donors (Lipinski definition) is 0. The van der Waals surface area contributed by atoms with Gasteiger partial charge in [-0.1, -0.05) is 78.0 Å². The van der Waals surface area contributed by atoms with Gasteiger partial charge >= 0.3 is 0 Å². The van der Waals surface area contributed by atoms with Gasteiger partial charge in [0.25, 0.3) is 0 Å². The number of rotatable bonds is 5. The Hall–Kier alpha value is -2.91. The Morgan fingerprint density at radius 3 is 2.44 bits per heavy atom. The second-order valence-corrected chi connectivity index (χ2v) is 7.51. The largest absolute Gasteiger partial charge is 0.288 e. The fourth-order valence-corrected chi connectivity index (χ4v) is 3.71. The number of benzene rings is 3. The lowest BCUT2D eigenvalue weighted by atomic mass is 10.2. The lowest BCUT2D eigenvalue weighted by Gasteiger charge is -2.08. The molecule has 2 nitrogen and oxygen atoms in total. The number of aromatic nitrogens is 1. The van der Waals surface area contributed by atoms with Crippen LogP contribution in [-0.2, 0) is 6.54 Å². The normalized spacial score (nSPS) is 11.3. The third-order valence-corrected chi connectivity index (χ3v) is 5.33. The average molecular weight is 369 g/mol. The molecule has 3 aromatic carbocycles. The Morgan fingerprint density at radius 2 is 1.63 bits per heavy atom. The highest BCUT2D eigenvalue weighted by atomic mass is 32.2. The molecule has 0 aliphatic carbocycles. The molecule has 0 atom stereocenters. The van der Waals surface area contributed by atoms with Crippen molar-refractivity contribution in [2.24, 2.45) is 4.99 Å². The van der Waals surface area contributed by atoms with Crippen LogP contribution in [0.15, 0.2) is 99.8 Å². The van der Waals surface area contributed by atoms with Crippen LogP contribution in [-0.4, -0.2) is 11.2 Å². The van der Waals surface area contributed by atoms with Crippen LogP contribution in [0.3, 0.4) is 0 Å². The smallest absolute Gasteiger partial charge is 0.110 e. The molecule has 0 unspecified atom stereocenters. The number of pyridine rings is 1. The van der Waals surface area contributed by atoms with Crippen LogP contribution in [0.25, 0.3) is 10.9 Å². The molecule has 0 spiro atoms. The maximum atomic E-state index is 4.89. The predicted octanol–water partition coefficient (Wildman–Crippen LogP) is 6.31. The monoisotopic (exact) mass is 368 g/mol. The summed E-state index contributed by atoms with van der Waals surface area (Å²) in [6, 6.07) is 29.2. The van der Waals surface area contributed by atoms with E-state index in [2.05, 4.69) is 66.5 Å². The van der Waals surface area contributed by atoms with Gasteiger partial charge in [-0.25, -0.2) is 4.98 Å². The highest BCUT2D eigenvalue weighted by Crippen LogP contribution is 2.30. The molecular formula is C24H20N2S. The third kappa shape index (κ3) is 4.44. The second-order valence-electron chi connectivity index (χ2n) is 6.45. The van der Waals surface area contributed by atoms with Gasteiger partial charge in [-0.15, -0.1) is 0 Å². The van der Waals surface area contributed by atoms with Crippen molar-refractivity contribution in [3.63, 3.8) is 0 Å². The maximum absolute atomic E-state index is 4.89. The van der Waals surface area contributed by atoms with E-state index in [0.29, 0.717) is 6.54 Å². The van der Waals surface area contributed by atoms with Crippen molar-refractivity contribution >= 4 is 28.9 Å². The summed E-state index contributed by atoms with van der Waals surface area (Å²) >= 11 is 1.68. The zero-order valence-electron chi connectivity index (χ0n) is 15.2. The summed E-state index contributed by atoms with van der Waals surface area (Å²) < 4.78 is 0. The first kappa shape index (κ1) is 17.5. The number of aliphatic imine (C=N–C) groups is 1. The zero-order chi connectivity index (χ0) is 18.5. The zero-order valence-corrected chi connectivity index (χ0v) is 16.0. The molecule has 0 saturated carbocycles. The first-order chi connectivity index (χ1) is 13.3. The third-order valence-electron chi connectivity index (χ3n) is 4.30. The SMILES string of the molecule is Cc1ccc(Sc2nc3ccccc3cc2C=NCc2ccccc2)cc1. The lowest BCUT2D eigenvalue weighted by Crippen LogP contribution is -1.93. The molecule has 0 fully saturated rings. The molecule has 3 heteroatoms. The van der Waals surface area contributed by atoms with E-state index < -0.39 is 0 Å². The van der Waals surface area contributed by atoms with Gasteiger partial charge in [-0.05, 0) is 36.8 Å². The van der Waals surface area contributed by atoms with E-state index in [4.69, 9.17) is 4.98 Å². The van der Waals surface area contributed by atoms with Crippen molar-refractivity contribution in [3.8, 4) is 0 Å². The van der Waals surface area contributed by atoms with Gasteiger partial charge in [0, 0.05) is 22.1 Å². The van der Waals surface area contributed by atoms with E-state index in [1.807, 2.05) is 36.5 Å². The molecule has 0 amide bonds. The fourth-order valence-electron chi connectivity index (χ4n) is 2.84. The lowest BCUT2D eigenvalue weighted by molar-refractivity contribution is 1.07. The van der Waals surface area contributed by atoms with Crippen LogP contribution in [0.1, 0.15) is 16.7 Å². The molecule has 4 aromatic rings. The topological polar surface area (TPSA) is 25.2 Å². The molecule has 4 rings (SSSR count). The molecule has 1 aromatic heterocycles. The van der Waals surface area contributed by atoms with Crippen LogP contribution in [0.2, 0.25) is 0 Å². The number of hydrogen-bond acceptors (Lipinski definition) is 3. The minimum atomic E-state index is 0.669. The summed E-state index contributed by atoms with van der Waals surface area (Å²) in [6.07, 6.45) is 1.95. The summed E-state index contributed by atoms with van der Waals surface area (Å²) in [5.41, 5.74) is 4.52. The Balaban J connectivity index is 1.67. The van der Waals surface area contributed by atoms with E-state index >= 15 is 0 Å². The maximum Gasteiger partial charge on any atom is 0.110 e. The van der Waals surface area contributed by atoms with Crippen molar-refractivity contribution in [2.45, 2.75) is 23.4 Å². The molecule has 0 bridgehead atoms. The molecular weight excluding hydrogens is 348 g/mol. The molecule has 1 heterocycles. The highest BCUT2D eigenvalue weighted by Gasteiger charge is 2.07. The molecule has 27 heavy (non-hydrogen) atoms. The van der Waals surface area contributed by atoms with Crippen molar-refractivity contribution in [1.82, 2.24) is 4.98 Å². The van der Waals surface area contributed by atoms with Crippen LogP contribution in [0.5, 0.6) is 0 Å². The standard InChI is InChI=1S/C24H20N2S/c1-18-11-13-22(14-12-18)27-24-21(15-20-9-5-6-10-23(20)26-24)17-25-16-19-7-3-2-4-8-19/h2-15,17H,16H2,1H3. The summed E-state index contributed by atoms with van der Waals surface area (Å²) in [5.74, 6) is 0. The Bertz CT molecular complexity index is 1070. The molecule has 132 valence electrons.